The molecule has 3 aliphatic rings. The molecule has 1 N–H and O–H groups in total. The van der Waals surface area contributed by atoms with Gasteiger partial charge in [0.05, 0.1) is 24.5 Å². The fourth-order valence-electron chi connectivity index (χ4n) is 6.01. The van der Waals surface area contributed by atoms with Crippen LogP contribution in [0.2, 0.25) is 0 Å². The Kier molecular flexibility index (Phi) is 7.78. The largest absolute Gasteiger partial charge is 0.507 e. The summed E-state index contributed by atoms with van der Waals surface area (Å²) in [7, 11) is 0. The van der Waals surface area contributed by atoms with Crippen LogP contribution in [0.25, 0.3) is 5.76 Å². The molecule has 0 aromatic heterocycles. The number of ketones is 1. The SMILES string of the molecule is C=CCOc1ccc(/C(O)=C2/C(=O)C(=O)N(CCCN3CCOCC3)C23C(=O)N(CC)c2ccccc23)cc1C. The zero-order valence-electron chi connectivity index (χ0n) is 23.0. The van der Waals surface area contributed by atoms with E-state index in [0.29, 0.717) is 61.9 Å². The van der Waals surface area contributed by atoms with Gasteiger partial charge in [-0.15, -0.1) is 0 Å². The Morgan fingerprint density at radius 3 is 2.58 bits per heavy atom. The van der Waals surface area contributed by atoms with Gasteiger partial charge in [0.1, 0.15) is 18.1 Å². The number of benzene rings is 2. The van der Waals surface area contributed by atoms with Crippen molar-refractivity contribution in [2.75, 3.05) is 57.4 Å². The molecule has 40 heavy (non-hydrogen) atoms. The minimum Gasteiger partial charge on any atom is -0.507 e. The van der Waals surface area contributed by atoms with Gasteiger partial charge in [0.25, 0.3) is 17.6 Å². The number of ether oxygens (including phenoxy) is 2. The third-order valence-electron chi connectivity index (χ3n) is 7.89. The maximum Gasteiger partial charge on any atom is 0.296 e. The third kappa shape index (κ3) is 4.39. The lowest BCUT2D eigenvalue weighted by Gasteiger charge is -2.35. The first-order valence-electron chi connectivity index (χ1n) is 13.7. The van der Waals surface area contributed by atoms with Gasteiger partial charge in [0.15, 0.2) is 5.54 Å². The van der Waals surface area contributed by atoms with E-state index >= 15 is 0 Å². The molecule has 2 amide bonds. The standard InChI is InChI=1S/C31H35N3O6/c1-4-17-40-25-12-11-22(20-21(25)3)27(35)26-28(36)29(37)34(14-8-13-32-15-18-39-19-16-32)31(26)23-9-6-7-10-24(23)33(5-2)30(31)38/h4,6-7,9-12,20,35H,1,5,8,13-19H2,2-3H3/b27-26+. The first kappa shape index (κ1) is 27.6. The second-order valence-electron chi connectivity index (χ2n) is 10.2. The van der Waals surface area contributed by atoms with E-state index in [9.17, 15) is 19.5 Å². The van der Waals surface area contributed by atoms with Gasteiger partial charge in [0.2, 0.25) is 0 Å². The average molecular weight is 546 g/mol. The van der Waals surface area contributed by atoms with E-state index in [2.05, 4.69) is 11.5 Å². The lowest BCUT2D eigenvalue weighted by atomic mass is 9.81. The molecule has 0 bridgehead atoms. The second-order valence-corrected chi connectivity index (χ2v) is 10.2. The number of nitrogens with zero attached hydrogens (tertiary/aromatic N) is 3. The van der Waals surface area contributed by atoms with Crippen molar-refractivity contribution in [3.05, 3.63) is 77.4 Å². The first-order valence-corrected chi connectivity index (χ1v) is 13.7. The van der Waals surface area contributed by atoms with Gasteiger partial charge < -0.3 is 24.4 Å². The molecule has 2 aromatic carbocycles. The van der Waals surface area contributed by atoms with E-state index in [4.69, 9.17) is 9.47 Å². The van der Waals surface area contributed by atoms with Crippen molar-refractivity contribution >= 4 is 29.0 Å². The van der Waals surface area contributed by atoms with Crippen LogP contribution in [0.1, 0.15) is 30.0 Å². The van der Waals surface area contributed by atoms with Gasteiger partial charge >= 0.3 is 0 Å². The Morgan fingerprint density at radius 1 is 1.12 bits per heavy atom. The maximum absolute atomic E-state index is 14.3. The number of anilines is 1. The van der Waals surface area contributed by atoms with Crippen LogP contribution in [-0.2, 0) is 24.7 Å². The molecule has 9 nitrogen and oxygen atoms in total. The number of likely N-dealkylation sites (tertiary alicyclic amines) is 1. The molecular weight excluding hydrogens is 510 g/mol. The summed E-state index contributed by atoms with van der Waals surface area (Å²) in [5.74, 6) is -1.84. The summed E-state index contributed by atoms with van der Waals surface area (Å²) in [4.78, 5) is 47.0. The highest BCUT2D eigenvalue weighted by Crippen LogP contribution is 2.53. The molecule has 2 aromatic rings. The Balaban J connectivity index is 1.63. The van der Waals surface area contributed by atoms with Crippen LogP contribution in [0.4, 0.5) is 5.69 Å². The quantitative estimate of drug-likeness (QED) is 0.224. The molecule has 0 aliphatic carbocycles. The smallest absolute Gasteiger partial charge is 0.296 e. The summed E-state index contributed by atoms with van der Waals surface area (Å²) in [6, 6.07) is 12.2. The number of likely N-dealkylation sites (N-methyl/N-ethyl adjacent to an activating group) is 1. The normalized spacial score (nSPS) is 22.3. The summed E-state index contributed by atoms with van der Waals surface area (Å²) >= 11 is 0. The van der Waals surface area contributed by atoms with Crippen LogP contribution >= 0.6 is 0 Å². The molecule has 3 aliphatic heterocycles. The minimum absolute atomic E-state index is 0.184. The van der Waals surface area contributed by atoms with Crippen LogP contribution in [0.3, 0.4) is 0 Å². The second kappa shape index (κ2) is 11.3. The predicted molar refractivity (Wildman–Crippen MR) is 151 cm³/mol. The van der Waals surface area contributed by atoms with Crippen LogP contribution in [-0.4, -0.2) is 85.0 Å². The zero-order chi connectivity index (χ0) is 28.4. The monoisotopic (exact) mass is 545 g/mol. The van der Waals surface area contributed by atoms with E-state index in [-0.39, 0.29) is 17.9 Å². The van der Waals surface area contributed by atoms with Crippen LogP contribution < -0.4 is 9.64 Å². The van der Waals surface area contributed by atoms with Gasteiger partial charge in [-0.1, -0.05) is 30.9 Å². The van der Waals surface area contributed by atoms with E-state index < -0.39 is 23.1 Å². The fraction of sp³-hybridized carbons (Fsp3) is 0.387. The number of fused-ring (bicyclic) bond motifs is 2. The van der Waals surface area contributed by atoms with E-state index in [1.165, 1.54) is 4.90 Å². The lowest BCUT2D eigenvalue weighted by molar-refractivity contribution is -0.143. The average Bonchev–Trinajstić information content (AvgIpc) is 3.35. The topological polar surface area (TPSA) is 99.6 Å². The summed E-state index contributed by atoms with van der Waals surface area (Å²) < 4.78 is 11.1. The Bertz CT molecular complexity index is 1380. The molecule has 3 heterocycles. The summed E-state index contributed by atoms with van der Waals surface area (Å²) in [6.45, 7) is 11.8. The highest BCUT2D eigenvalue weighted by Gasteiger charge is 2.66. The maximum atomic E-state index is 14.3. The molecule has 1 atom stereocenters. The number of hydrogen-bond acceptors (Lipinski definition) is 7. The number of Topliss-reactive ketones (excluding diaryl/α,β-unsaturated/α-hetero) is 1. The molecule has 2 saturated heterocycles. The number of amides is 2. The van der Waals surface area contributed by atoms with Crippen molar-refractivity contribution in [3.63, 3.8) is 0 Å². The van der Waals surface area contributed by atoms with Gasteiger partial charge in [0, 0.05) is 43.9 Å². The molecule has 210 valence electrons. The number of aliphatic hydroxyl groups is 1. The van der Waals surface area contributed by atoms with Crippen LogP contribution in [0, 0.1) is 6.92 Å². The van der Waals surface area contributed by atoms with Crippen molar-refractivity contribution in [2.24, 2.45) is 0 Å². The first-order chi connectivity index (χ1) is 19.4. The number of hydrogen-bond donors (Lipinski definition) is 1. The van der Waals surface area contributed by atoms with Crippen molar-refractivity contribution in [3.8, 4) is 5.75 Å². The molecule has 1 unspecified atom stereocenters. The summed E-state index contributed by atoms with van der Waals surface area (Å²) in [5, 5.41) is 11.7. The number of aryl methyl sites for hydroxylation is 1. The molecule has 5 rings (SSSR count). The van der Waals surface area contributed by atoms with Gasteiger partial charge in [-0.3, -0.25) is 19.3 Å². The fourth-order valence-corrected chi connectivity index (χ4v) is 6.01. The number of para-hydroxylation sites is 1. The van der Waals surface area contributed by atoms with Gasteiger partial charge in [-0.05, 0) is 50.1 Å². The highest BCUT2D eigenvalue weighted by molar-refractivity contribution is 6.50. The van der Waals surface area contributed by atoms with Crippen LogP contribution in [0.15, 0.2) is 60.7 Å². The van der Waals surface area contributed by atoms with Gasteiger partial charge in [-0.25, -0.2) is 0 Å². The van der Waals surface area contributed by atoms with Crippen LogP contribution in [0.5, 0.6) is 5.75 Å². The van der Waals surface area contributed by atoms with Crippen molar-refractivity contribution in [2.45, 2.75) is 25.8 Å². The number of rotatable bonds is 9. The Morgan fingerprint density at radius 2 is 1.88 bits per heavy atom. The third-order valence-corrected chi connectivity index (χ3v) is 7.89. The molecule has 0 saturated carbocycles. The molecular formula is C31H35N3O6. The number of carbonyl (C=O) groups is 3. The van der Waals surface area contributed by atoms with Crippen molar-refractivity contribution in [1.29, 1.82) is 0 Å². The molecule has 2 fully saturated rings. The van der Waals surface area contributed by atoms with E-state index in [1.807, 2.05) is 26.0 Å². The molecule has 0 radical (unpaired) electrons. The lowest BCUT2D eigenvalue weighted by Crippen LogP contribution is -2.52. The number of carbonyl (C=O) groups excluding carboxylic acids is 3. The number of aliphatic hydroxyl groups excluding tert-OH is 1. The summed E-state index contributed by atoms with van der Waals surface area (Å²) in [5.41, 5.74) is 0.266. The predicted octanol–water partition coefficient (Wildman–Crippen LogP) is 3.22. The Labute approximate surface area is 234 Å². The minimum atomic E-state index is -1.75. The Hall–Kier alpha value is -3.95. The van der Waals surface area contributed by atoms with E-state index in [1.54, 1.807) is 41.3 Å². The zero-order valence-corrected chi connectivity index (χ0v) is 23.0. The number of morpholine rings is 1. The summed E-state index contributed by atoms with van der Waals surface area (Å²) in [6.07, 6.45) is 2.19. The molecule has 9 heteroatoms. The molecule has 1 spiro atoms. The van der Waals surface area contributed by atoms with E-state index in [0.717, 1.165) is 18.7 Å². The van der Waals surface area contributed by atoms with Gasteiger partial charge in [-0.2, -0.15) is 0 Å². The van der Waals surface area contributed by atoms with Crippen molar-refractivity contribution in [1.82, 2.24) is 9.80 Å². The highest BCUT2D eigenvalue weighted by atomic mass is 16.5. The van der Waals surface area contributed by atoms with Crippen molar-refractivity contribution < 1.29 is 29.0 Å².